The second kappa shape index (κ2) is 11.8. The average molecular weight is 278 g/mol. The minimum absolute atomic E-state index is 0.0884. The quantitative estimate of drug-likeness (QED) is 0.273. The molecule has 0 aromatic heterocycles. The lowest BCUT2D eigenvalue weighted by Crippen LogP contribution is -2.38. The summed E-state index contributed by atoms with van der Waals surface area (Å²) >= 11 is 0. The van der Waals surface area contributed by atoms with Crippen molar-refractivity contribution in [2.75, 3.05) is 52.7 Å². The van der Waals surface area contributed by atoms with Crippen LogP contribution in [0.4, 0.5) is 0 Å². The molecule has 0 fully saturated rings. The molecule has 0 aliphatic heterocycles. The van der Waals surface area contributed by atoms with Crippen molar-refractivity contribution < 1.29 is 29.3 Å². The average Bonchev–Trinajstić information content (AvgIpc) is 2.36. The normalized spacial score (nSPS) is 10.4. The largest absolute Gasteiger partial charge is 0.394 e. The predicted molar refractivity (Wildman–Crippen MR) is 66.2 cm³/mol. The van der Waals surface area contributed by atoms with Crippen LogP contribution in [0, 0.1) is 0 Å². The summed E-state index contributed by atoms with van der Waals surface area (Å²) in [5, 5.41) is 17.1. The third-order valence-corrected chi connectivity index (χ3v) is 2.16. The van der Waals surface area contributed by atoms with E-state index in [2.05, 4.69) is 0 Å². The predicted octanol–water partition coefficient (Wildman–Crippen LogP) is -2.29. The molecular weight excluding hydrogens is 256 g/mol. The zero-order valence-electron chi connectivity index (χ0n) is 10.9. The van der Waals surface area contributed by atoms with Crippen LogP contribution in [0.3, 0.4) is 0 Å². The Labute approximate surface area is 112 Å². The summed E-state index contributed by atoms with van der Waals surface area (Å²) in [6.45, 7) is 1.29. The first-order valence-electron chi connectivity index (χ1n) is 6.05. The number of hydrogen-bond donors (Lipinski definition) is 3. The Morgan fingerprint density at radius 1 is 0.947 bits per heavy atom. The zero-order chi connectivity index (χ0) is 14.5. The highest BCUT2D eigenvalue weighted by Crippen LogP contribution is 1.95. The van der Waals surface area contributed by atoms with Gasteiger partial charge in [0.05, 0.1) is 39.6 Å². The lowest BCUT2D eigenvalue weighted by atomic mass is 10.3. The smallest absolute Gasteiger partial charge is 0.232 e. The van der Waals surface area contributed by atoms with Crippen molar-refractivity contribution in [3.8, 4) is 0 Å². The van der Waals surface area contributed by atoms with Crippen LogP contribution in [-0.4, -0.2) is 79.7 Å². The van der Waals surface area contributed by atoms with Gasteiger partial charge in [-0.1, -0.05) is 0 Å². The number of nitrogens with zero attached hydrogens (tertiary/aromatic N) is 1. The Kier molecular flexibility index (Phi) is 11.1. The van der Waals surface area contributed by atoms with Crippen LogP contribution in [-0.2, 0) is 19.1 Å². The number of ether oxygens (including phenoxy) is 2. The van der Waals surface area contributed by atoms with Gasteiger partial charge in [-0.2, -0.15) is 0 Å². The number of rotatable bonds is 12. The highest BCUT2D eigenvalue weighted by atomic mass is 16.5. The van der Waals surface area contributed by atoms with E-state index in [4.69, 9.17) is 25.4 Å². The number of aliphatic hydroxyl groups is 2. The summed E-state index contributed by atoms with van der Waals surface area (Å²) in [5.41, 5.74) is 4.97. The fraction of sp³-hybridized carbons (Fsp3) is 0.818. The molecular formula is C11H22N2O6. The molecule has 0 aliphatic carbocycles. The van der Waals surface area contributed by atoms with Gasteiger partial charge in [-0.05, 0) is 0 Å². The van der Waals surface area contributed by atoms with E-state index in [9.17, 15) is 9.59 Å². The molecule has 4 N–H and O–H groups in total. The van der Waals surface area contributed by atoms with Crippen molar-refractivity contribution in [1.82, 2.24) is 4.90 Å². The van der Waals surface area contributed by atoms with Gasteiger partial charge in [0.25, 0.3) is 0 Å². The maximum atomic E-state index is 11.7. The van der Waals surface area contributed by atoms with Gasteiger partial charge in [-0.25, -0.2) is 0 Å². The van der Waals surface area contributed by atoms with Crippen LogP contribution in [0.1, 0.15) is 6.42 Å². The minimum atomic E-state index is -0.692. The summed E-state index contributed by atoms with van der Waals surface area (Å²) in [6, 6.07) is 0. The van der Waals surface area contributed by atoms with Crippen molar-refractivity contribution in [2.45, 2.75) is 6.42 Å². The molecule has 8 heteroatoms. The standard InChI is InChI=1S/C11H22N2O6/c12-10(16)9-11(17)13(1-5-18-7-3-14)2-6-19-8-4-15/h14-15H,1-9H2,(H2,12,16). The monoisotopic (exact) mass is 278 g/mol. The third kappa shape index (κ3) is 10.4. The first kappa shape index (κ1) is 17.8. The molecule has 0 radical (unpaired) electrons. The van der Waals surface area contributed by atoms with Crippen molar-refractivity contribution in [1.29, 1.82) is 0 Å². The van der Waals surface area contributed by atoms with Crippen molar-refractivity contribution >= 4 is 11.8 Å². The molecule has 2 amide bonds. The van der Waals surface area contributed by atoms with Gasteiger partial charge < -0.3 is 30.3 Å². The maximum Gasteiger partial charge on any atom is 0.232 e. The van der Waals surface area contributed by atoms with Crippen LogP contribution in [0.15, 0.2) is 0 Å². The van der Waals surface area contributed by atoms with Gasteiger partial charge in [-0.15, -0.1) is 0 Å². The summed E-state index contributed by atoms with van der Waals surface area (Å²) in [4.78, 5) is 23.8. The van der Waals surface area contributed by atoms with Crippen LogP contribution in [0.25, 0.3) is 0 Å². The van der Waals surface area contributed by atoms with E-state index in [1.54, 1.807) is 0 Å². The Hall–Kier alpha value is -1.22. The Balaban J connectivity index is 4.05. The minimum Gasteiger partial charge on any atom is -0.394 e. The van der Waals surface area contributed by atoms with Crippen molar-refractivity contribution in [2.24, 2.45) is 5.73 Å². The van der Waals surface area contributed by atoms with Crippen LogP contribution < -0.4 is 5.73 Å². The Morgan fingerprint density at radius 3 is 1.79 bits per heavy atom. The first-order chi connectivity index (χ1) is 9.11. The van der Waals surface area contributed by atoms with Gasteiger partial charge in [0.2, 0.25) is 11.8 Å². The van der Waals surface area contributed by atoms with Crippen LogP contribution in [0.5, 0.6) is 0 Å². The van der Waals surface area contributed by atoms with Crippen LogP contribution in [0.2, 0.25) is 0 Å². The van der Waals surface area contributed by atoms with Gasteiger partial charge in [0.1, 0.15) is 6.42 Å². The van der Waals surface area contributed by atoms with E-state index in [0.29, 0.717) is 0 Å². The number of primary amides is 1. The molecule has 0 saturated carbocycles. The van der Waals surface area contributed by atoms with E-state index in [1.807, 2.05) is 0 Å². The molecule has 0 aliphatic rings. The lowest BCUT2D eigenvalue weighted by Gasteiger charge is -2.22. The molecule has 0 unspecified atom stereocenters. The first-order valence-corrected chi connectivity index (χ1v) is 6.05. The summed E-state index contributed by atoms with van der Waals surface area (Å²) in [6.07, 6.45) is -0.361. The second-order valence-electron chi connectivity index (χ2n) is 3.70. The fourth-order valence-corrected chi connectivity index (χ4v) is 1.30. The van der Waals surface area contributed by atoms with E-state index in [-0.39, 0.29) is 59.2 Å². The van der Waals surface area contributed by atoms with E-state index < -0.39 is 11.8 Å². The van der Waals surface area contributed by atoms with E-state index >= 15 is 0 Å². The van der Waals surface area contributed by atoms with Gasteiger partial charge in [0.15, 0.2) is 0 Å². The highest BCUT2D eigenvalue weighted by Gasteiger charge is 2.15. The topological polar surface area (TPSA) is 122 Å². The fourth-order valence-electron chi connectivity index (χ4n) is 1.30. The number of carbonyl (C=O) groups excluding carboxylic acids is 2. The van der Waals surface area contributed by atoms with E-state index in [0.717, 1.165) is 0 Å². The molecule has 0 atom stereocenters. The molecule has 0 spiro atoms. The highest BCUT2D eigenvalue weighted by molar-refractivity contribution is 5.96. The summed E-state index contributed by atoms with van der Waals surface area (Å²) < 4.78 is 10.1. The molecule has 0 aromatic rings. The third-order valence-electron chi connectivity index (χ3n) is 2.16. The SMILES string of the molecule is NC(=O)CC(=O)N(CCOCCO)CCOCCO. The molecule has 19 heavy (non-hydrogen) atoms. The lowest BCUT2D eigenvalue weighted by molar-refractivity contribution is -0.136. The molecule has 0 aromatic carbocycles. The molecule has 8 nitrogen and oxygen atoms in total. The Morgan fingerprint density at radius 2 is 1.42 bits per heavy atom. The zero-order valence-corrected chi connectivity index (χ0v) is 10.9. The molecule has 0 heterocycles. The molecule has 0 rings (SSSR count). The van der Waals surface area contributed by atoms with Gasteiger partial charge >= 0.3 is 0 Å². The van der Waals surface area contributed by atoms with Crippen LogP contribution >= 0.6 is 0 Å². The number of amides is 2. The second-order valence-corrected chi connectivity index (χ2v) is 3.70. The molecule has 0 bridgehead atoms. The maximum absolute atomic E-state index is 11.7. The Bertz CT molecular complexity index is 250. The summed E-state index contributed by atoms with van der Waals surface area (Å²) in [5.74, 6) is -1.09. The van der Waals surface area contributed by atoms with Gasteiger partial charge in [0, 0.05) is 13.1 Å². The number of nitrogens with two attached hydrogens (primary N) is 1. The number of carbonyl (C=O) groups is 2. The molecule has 0 saturated heterocycles. The summed E-state index contributed by atoms with van der Waals surface area (Å²) in [7, 11) is 0. The van der Waals surface area contributed by atoms with Gasteiger partial charge in [-0.3, -0.25) is 9.59 Å². The van der Waals surface area contributed by atoms with Crippen molar-refractivity contribution in [3.63, 3.8) is 0 Å². The van der Waals surface area contributed by atoms with E-state index in [1.165, 1.54) is 4.90 Å². The number of hydrogen-bond acceptors (Lipinski definition) is 6. The molecule has 112 valence electrons. The number of aliphatic hydroxyl groups excluding tert-OH is 2. The van der Waals surface area contributed by atoms with Crippen molar-refractivity contribution in [3.05, 3.63) is 0 Å².